The number of rotatable bonds is 1. The molecule has 0 unspecified atom stereocenters. The highest BCUT2D eigenvalue weighted by Gasteiger charge is 2.32. The van der Waals surface area contributed by atoms with Crippen LogP contribution in [0.15, 0.2) is 0 Å². The fraction of sp³-hybridized carbons (Fsp3) is 1.00. The number of aliphatic hydroxyl groups excluding tert-OH is 1. The minimum absolute atomic E-state index is 0.233. The summed E-state index contributed by atoms with van der Waals surface area (Å²) in [5.74, 6) is 0. The fourth-order valence-corrected chi connectivity index (χ4v) is 1.24. The molecule has 0 aliphatic carbocycles. The topological polar surface area (TPSA) is 64.7 Å². The Labute approximate surface area is 66.3 Å². The second-order valence-electron chi connectivity index (χ2n) is 2.90. The lowest BCUT2D eigenvalue weighted by molar-refractivity contribution is -0.211. The molecule has 4 nitrogen and oxygen atoms in total. The predicted octanol–water partition coefficient (Wildman–Crippen LogP) is -0.544. The zero-order valence-corrected chi connectivity index (χ0v) is 6.86. The highest BCUT2D eigenvalue weighted by molar-refractivity contribution is 4.82. The molecule has 1 saturated heterocycles. The van der Waals surface area contributed by atoms with E-state index in [0.717, 1.165) is 0 Å². The van der Waals surface area contributed by atoms with E-state index in [9.17, 15) is 5.11 Å². The lowest BCUT2D eigenvalue weighted by Gasteiger charge is -2.35. The van der Waals surface area contributed by atoms with Gasteiger partial charge in [-0.1, -0.05) is 0 Å². The Morgan fingerprint density at radius 1 is 1.64 bits per heavy atom. The van der Waals surface area contributed by atoms with E-state index in [1.54, 1.807) is 14.0 Å². The van der Waals surface area contributed by atoms with Gasteiger partial charge in [0.15, 0.2) is 6.29 Å². The van der Waals surface area contributed by atoms with Crippen LogP contribution in [-0.4, -0.2) is 36.8 Å². The molecule has 0 bridgehead atoms. The van der Waals surface area contributed by atoms with Crippen molar-refractivity contribution in [2.75, 3.05) is 7.11 Å². The summed E-state index contributed by atoms with van der Waals surface area (Å²) in [7, 11) is 1.57. The van der Waals surface area contributed by atoms with Gasteiger partial charge in [0.25, 0.3) is 0 Å². The van der Waals surface area contributed by atoms with Gasteiger partial charge in [-0.05, 0) is 6.92 Å². The molecule has 0 aromatic carbocycles. The van der Waals surface area contributed by atoms with E-state index in [4.69, 9.17) is 15.2 Å². The van der Waals surface area contributed by atoms with Gasteiger partial charge in [0.1, 0.15) is 0 Å². The molecule has 1 aliphatic rings. The van der Waals surface area contributed by atoms with Crippen LogP contribution in [-0.2, 0) is 9.47 Å². The molecule has 0 aromatic heterocycles. The SMILES string of the molecule is CO[C@H]1C[C@H](N)[C@@H](O)[C@H](C)O1. The van der Waals surface area contributed by atoms with Crippen molar-refractivity contribution in [1.82, 2.24) is 0 Å². The third-order valence-electron chi connectivity index (χ3n) is 2.01. The first kappa shape index (κ1) is 8.93. The molecule has 0 aromatic rings. The van der Waals surface area contributed by atoms with Crippen molar-refractivity contribution in [3.63, 3.8) is 0 Å². The number of hydrogen-bond acceptors (Lipinski definition) is 4. The number of nitrogens with two attached hydrogens (primary N) is 1. The standard InChI is InChI=1S/C7H15NO3/c1-4-7(9)5(8)3-6(10-2)11-4/h4-7,9H,3,8H2,1-2H3/t4-,5-,6+,7-/m0/s1. The van der Waals surface area contributed by atoms with E-state index in [1.807, 2.05) is 0 Å². The van der Waals surface area contributed by atoms with Crippen molar-refractivity contribution in [2.45, 2.75) is 37.9 Å². The zero-order valence-electron chi connectivity index (χ0n) is 6.86. The van der Waals surface area contributed by atoms with Gasteiger partial charge in [-0.15, -0.1) is 0 Å². The van der Waals surface area contributed by atoms with Gasteiger partial charge in [0.05, 0.1) is 12.2 Å². The lowest BCUT2D eigenvalue weighted by atomic mass is 10.0. The maximum atomic E-state index is 9.35. The molecule has 11 heavy (non-hydrogen) atoms. The molecule has 1 aliphatic heterocycles. The van der Waals surface area contributed by atoms with Crippen LogP contribution >= 0.6 is 0 Å². The van der Waals surface area contributed by atoms with Crippen LogP contribution in [0.3, 0.4) is 0 Å². The minimum atomic E-state index is -0.568. The Kier molecular flexibility index (Phi) is 2.84. The van der Waals surface area contributed by atoms with Crippen LogP contribution in [0.1, 0.15) is 13.3 Å². The molecule has 3 N–H and O–H groups in total. The first-order valence-corrected chi connectivity index (χ1v) is 3.77. The molecule has 1 fully saturated rings. The van der Waals surface area contributed by atoms with Crippen molar-refractivity contribution >= 4 is 0 Å². The summed E-state index contributed by atoms with van der Waals surface area (Å²) in [6.07, 6.45) is -0.504. The molecular formula is C7H15NO3. The van der Waals surface area contributed by atoms with Crippen LogP contribution in [0.5, 0.6) is 0 Å². The van der Waals surface area contributed by atoms with Gasteiger partial charge in [0, 0.05) is 19.6 Å². The third-order valence-corrected chi connectivity index (χ3v) is 2.01. The van der Waals surface area contributed by atoms with E-state index in [0.29, 0.717) is 6.42 Å². The zero-order chi connectivity index (χ0) is 8.43. The van der Waals surface area contributed by atoms with Crippen molar-refractivity contribution in [2.24, 2.45) is 5.73 Å². The summed E-state index contributed by atoms with van der Waals surface area (Å²) in [6.45, 7) is 1.79. The molecule has 0 radical (unpaired) electrons. The van der Waals surface area contributed by atoms with Crippen LogP contribution < -0.4 is 5.73 Å². The molecule has 4 atom stereocenters. The average Bonchev–Trinajstić information content (AvgIpc) is 1.99. The highest BCUT2D eigenvalue weighted by atomic mass is 16.7. The van der Waals surface area contributed by atoms with Crippen LogP contribution in [0.2, 0.25) is 0 Å². The fourth-order valence-electron chi connectivity index (χ4n) is 1.24. The van der Waals surface area contributed by atoms with Crippen molar-refractivity contribution < 1.29 is 14.6 Å². The van der Waals surface area contributed by atoms with E-state index < -0.39 is 6.10 Å². The number of ether oxygens (including phenoxy) is 2. The molecular weight excluding hydrogens is 146 g/mol. The van der Waals surface area contributed by atoms with Gasteiger partial charge >= 0.3 is 0 Å². The van der Waals surface area contributed by atoms with Gasteiger partial charge in [0.2, 0.25) is 0 Å². The summed E-state index contributed by atoms with van der Waals surface area (Å²) >= 11 is 0. The smallest absolute Gasteiger partial charge is 0.159 e. The monoisotopic (exact) mass is 161 g/mol. The number of methoxy groups -OCH3 is 1. The highest BCUT2D eigenvalue weighted by Crippen LogP contribution is 2.18. The van der Waals surface area contributed by atoms with Gasteiger partial charge in [-0.25, -0.2) is 0 Å². The average molecular weight is 161 g/mol. The van der Waals surface area contributed by atoms with E-state index >= 15 is 0 Å². The lowest BCUT2D eigenvalue weighted by Crippen LogP contribution is -2.51. The van der Waals surface area contributed by atoms with Gasteiger partial charge in [-0.2, -0.15) is 0 Å². The largest absolute Gasteiger partial charge is 0.389 e. The quantitative estimate of drug-likeness (QED) is 0.542. The Morgan fingerprint density at radius 2 is 2.27 bits per heavy atom. The normalized spacial score (nSPS) is 45.8. The molecule has 66 valence electrons. The Balaban J connectivity index is 2.47. The molecule has 1 heterocycles. The summed E-state index contributed by atoms with van der Waals surface area (Å²) in [5, 5.41) is 9.35. The molecule has 4 heteroatoms. The summed E-state index contributed by atoms with van der Waals surface area (Å²) in [4.78, 5) is 0. The third kappa shape index (κ3) is 1.90. The summed E-state index contributed by atoms with van der Waals surface area (Å²) in [5.41, 5.74) is 5.62. The molecule has 0 amide bonds. The molecule has 0 spiro atoms. The maximum absolute atomic E-state index is 9.35. The predicted molar refractivity (Wildman–Crippen MR) is 39.9 cm³/mol. The Morgan fingerprint density at radius 3 is 2.73 bits per heavy atom. The van der Waals surface area contributed by atoms with Crippen LogP contribution in [0.4, 0.5) is 0 Å². The van der Waals surface area contributed by atoms with E-state index in [-0.39, 0.29) is 18.4 Å². The van der Waals surface area contributed by atoms with Crippen molar-refractivity contribution in [1.29, 1.82) is 0 Å². The second-order valence-corrected chi connectivity index (χ2v) is 2.90. The minimum Gasteiger partial charge on any atom is -0.389 e. The number of aliphatic hydroxyl groups is 1. The first-order chi connectivity index (χ1) is 5.15. The first-order valence-electron chi connectivity index (χ1n) is 3.77. The Bertz CT molecular complexity index is 119. The second kappa shape index (κ2) is 3.49. The van der Waals surface area contributed by atoms with Crippen LogP contribution in [0, 0.1) is 0 Å². The van der Waals surface area contributed by atoms with Gasteiger partial charge in [-0.3, -0.25) is 0 Å². The van der Waals surface area contributed by atoms with Crippen molar-refractivity contribution in [3.8, 4) is 0 Å². The molecule has 1 rings (SSSR count). The molecule has 0 saturated carbocycles. The maximum Gasteiger partial charge on any atom is 0.159 e. The van der Waals surface area contributed by atoms with Crippen molar-refractivity contribution in [3.05, 3.63) is 0 Å². The van der Waals surface area contributed by atoms with Crippen LogP contribution in [0.25, 0.3) is 0 Å². The summed E-state index contributed by atoms with van der Waals surface area (Å²) < 4.78 is 10.2. The van der Waals surface area contributed by atoms with E-state index in [1.165, 1.54) is 0 Å². The van der Waals surface area contributed by atoms with E-state index in [2.05, 4.69) is 0 Å². The summed E-state index contributed by atoms with van der Waals surface area (Å²) in [6, 6.07) is -0.233. The number of hydrogen-bond donors (Lipinski definition) is 2. The van der Waals surface area contributed by atoms with Gasteiger partial charge < -0.3 is 20.3 Å². The Hall–Kier alpha value is -0.160.